The molecule has 0 saturated carbocycles. The lowest BCUT2D eigenvalue weighted by molar-refractivity contribution is -0.192. The van der Waals surface area contributed by atoms with Crippen LogP contribution in [0.2, 0.25) is 0 Å². The fourth-order valence-electron chi connectivity index (χ4n) is 2.02. The van der Waals surface area contributed by atoms with E-state index in [1.165, 1.54) is 10.3 Å². The Hall–Kier alpha value is -1.94. The summed E-state index contributed by atoms with van der Waals surface area (Å²) in [7, 11) is 2.01. The van der Waals surface area contributed by atoms with Crippen molar-refractivity contribution in [1.82, 2.24) is 15.3 Å². The van der Waals surface area contributed by atoms with Crippen LogP contribution in [0.1, 0.15) is 5.56 Å². The Labute approximate surface area is 134 Å². The molecule has 1 fully saturated rings. The van der Waals surface area contributed by atoms with Gasteiger partial charge < -0.3 is 15.3 Å². The Morgan fingerprint density at radius 3 is 2.57 bits per heavy atom. The first-order chi connectivity index (χ1) is 10.7. The van der Waals surface area contributed by atoms with E-state index in [-0.39, 0.29) is 0 Å². The second-order valence-electron chi connectivity index (χ2n) is 4.99. The first kappa shape index (κ1) is 17.4. The number of nitrogens with one attached hydrogen (secondary N) is 1. The number of aryl methyl sites for hydroxylation is 1. The smallest absolute Gasteiger partial charge is 0.475 e. The number of nitrogens with zero attached hydrogens (tertiary/aromatic N) is 3. The molecule has 0 atom stereocenters. The Balaban J connectivity index is 0.000000236. The molecule has 0 spiro atoms. The number of hydrogen-bond acceptors (Lipinski definition) is 6. The van der Waals surface area contributed by atoms with E-state index in [0.29, 0.717) is 6.04 Å². The molecule has 0 bridgehead atoms. The van der Waals surface area contributed by atoms with Crippen LogP contribution in [0.25, 0.3) is 10.2 Å². The minimum Gasteiger partial charge on any atom is -0.475 e. The molecule has 1 aliphatic rings. The van der Waals surface area contributed by atoms with Crippen molar-refractivity contribution in [3.05, 3.63) is 17.3 Å². The molecule has 0 radical (unpaired) electrons. The number of carboxylic acids is 1. The van der Waals surface area contributed by atoms with Crippen molar-refractivity contribution in [2.45, 2.75) is 19.1 Å². The van der Waals surface area contributed by atoms with Gasteiger partial charge in [-0.1, -0.05) is 0 Å². The maximum atomic E-state index is 10.6. The summed E-state index contributed by atoms with van der Waals surface area (Å²) in [6.45, 7) is 4.18. The minimum atomic E-state index is -5.08. The number of anilines is 1. The van der Waals surface area contributed by atoms with Gasteiger partial charge in [0, 0.05) is 19.1 Å². The summed E-state index contributed by atoms with van der Waals surface area (Å²) in [5.41, 5.74) is 2.34. The van der Waals surface area contributed by atoms with Crippen molar-refractivity contribution in [2.24, 2.45) is 0 Å². The van der Waals surface area contributed by atoms with Crippen molar-refractivity contribution in [3.63, 3.8) is 0 Å². The van der Waals surface area contributed by atoms with Crippen LogP contribution in [0, 0.1) is 6.92 Å². The van der Waals surface area contributed by atoms with Gasteiger partial charge in [0.2, 0.25) is 0 Å². The molecule has 126 valence electrons. The summed E-state index contributed by atoms with van der Waals surface area (Å²) >= 11 is 1.74. The van der Waals surface area contributed by atoms with Crippen LogP contribution in [-0.4, -0.2) is 53.4 Å². The molecule has 3 rings (SSSR count). The zero-order valence-corrected chi connectivity index (χ0v) is 13.2. The molecule has 2 N–H and O–H groups in total. The van der Waals surface area contributed by atoms with Gasteiger partial charge in [-0.05, 0) is 24.9 Å². The van der Waals surface area contributed by atoms with Gasteiger partial charge in [0.15, 0.2) is 0 Å². The number of hydrogen-bond donors (Lipinski definition) is 2. The number of halogens is 3. The average molecular weight is 348 g/mol. The van der Waals surface area contributed by atoms with Crippen LogP contribution in [0.15, 0.2) is 11.7 Å². The average Bonchev–Trinajstić information content (AvgIpc) is 2.80. The summed E-state index contributed by atoms with van der Waals surface area (Å²) in [6.07, 6.45) is -3.41. The van der Waals surface area contributed by atoms with E-state index in [1.54, 1.807) is 17.7 Å². The molecule has 23 heavy (non-hydrogen) atoms. The lowest BCUT2D eigenvalue weighted by Gasteiger charge is -2.39. The van der Waals surface area contributed by atoms with E-state index in [9.17, 15) is 13.2 Å². The topological polar surface area (TPSA) is 78.3 Å². The number of aliphatic carboxylic acids is 1. The number of carbonyl (C=O) groups is 1. The highest BCUT2D eigenvalue weighted by Crippen LogP contribution is 2.32. The van der Waals surface area contributed by atoms with Crippen LogP contribution < -0.4 is 10.2 Å². The number of thiophene rings is 1. The molecule has 6 nitrogen and oxygen atoms in total. The maximum Gasteiger partial charge on any atom is 0.490 e. The Morgan fingerprint density at radius 2 is 2.04 bits per heavy atom. The lowest BCUT2D eigenvalue weighted by atomic mass is 10.1. The van der Waals surface area contributed by atoms with Crippen LogP contribution in [0.3, 0.4) is 0 Å². The summed E-state index contributed by atoms with van der Waals surface area (Å²) < 4.78 is 33.0. The number of likely N-dealkylation sites (N-methyl/N-ethyl adjacent to an activating group) is 1. The number of aromatic nitrogens is 2. The van der Waals surface area contributed by atoms with Crippen molar-refractivity contribution in [1.29, 1.82) is 0 Å². The number of fused-ring (bicyclic) bond motifs is 1. The van der Waals surface area contributed by atoms with Gasteiger partial charge in [-0.15, -0.1) is 11.3 Å². The summed E-state index contributed by atoms with van der Waals surface area (Å²) in [5.74, 6) is -1.66. The van der Waals surface area contributed by atoms with Crippen LogP contribution in [0.4, 0.5) is 19.0 Å². The van der Waals surface area contributed by atoms with E-state index in [1.807, 2.05) is 7.05 Å². The molecule has 0 aromatic carbocycles. The summed E-state index contributed by atoms with van der Waals surface area (Å²) in [6, 6.07) is 0.603. The zero-order chi connectivity index (χ0) is 17.2. The van der Waals surface area contributed by atoms with E-state index in [2.05, 4.69) is 32.5 Å². The normalized spacial score (nSPS) is 15.1. The SMILES string of the molecule is CNC1CN(c2ncnc3c(C)csc23)C1.O=C(O)C(F)(F)F. The highest BCUT2D eigenvalue weighted by Gasteiger charge is 2.38. The Bertz CT molecular complexity index is 698. The first-order valence-electron chi connectivity index (χ1n) is 6.65. The standard InChI is InChI=1S/C11H14N4S.C2HF3O2/c1-7-5-16-10-9(7)13-6-14-11(10)15-3-8(4-15)12-2;3-2(4,5)1(6)7/h5-6,8,12H,3-4H2,1-2H3;(H,6,7). The fraction of sp³-hybridized carbons (Fsp3) is 0.462. The Morgan fingerprint density at radius 1 is 1.43 bits per heavy atom. The maximum absolute atomic E-state index is 10.6. The van der Waals surface area contributed by atoms with Gasteiger partial charge >= 0.3 is 12.1 Å². The van der Waals surface area contributed by atoms with E-state index in [4.69, 9.17) is 9.90 Å². The first-order valence-corrected chi connectivity index (χ1v) is 7.53. The number of alkyl halides is 3. The molecular weight excluding hydrogens is 333 g/mol. The Kier molecular flexibility index (Phi) is 5.05. The molecule has 2 aromatic rings. The number of rotatable bonds is 2. The van der Waals surface area contributed by atoms with Crippen LogP contribution in [-0.2, 0) is 4.79 Å². The zero-order valence-electron chi connectivity index (χ0n) is 12.4. The van der Waals surface area contributed by atoms with Gasteiger partial charge in [0.1, 0.15) is 12.1 Å². The summed E-state index contributed by atoms with van der Waals surface area (Å²) in [4.78, 5) is 19.9. The van der Waals surface area contributed by atoms with Gasteiger partial charge in [-0.2, -0.15) is 13.2 Å². The van der Waals surface area contributed by atoms with Gasteiger partial charge in [-0.25, -0.2) is 14.8 Å². The molecular formula is C13H15F3N4O2S. The molecule has 10 heteroatoms. The van der Waals surface area contributed by atoms with Crippen molar-refractivity contribution >= 4 is 33.3 Å². The molecule has 0 amide bonds. The van der Waals surface area contributed by atoms with Crippen molar-refractivity contribution < 1.29 is 23.1 Å². The molecule has 1 saturated heterocycles. The highest BCUT2D eigenvalue weighted by molar-refractivity contribution is 7.18. The largest absolute Gasteiger partial charge is 0.490 e. The molecule has 0 aliphatic carbocycles. The predicted octanol–water partition coefficient (Wildman–Crippen LogP) is 2.04. The van der Waals surface area contributed by atoms with Gasteiger partial charge in [0.05, 0.1) is 10.2 Å². The summed E-state index contributed by atoms with van der Waals surface area (Å²) in [5, 5.41) is 12.5. The third-order valence-electron chi connectivity index (χ3n) is 3.34. The van der Waals surface area contributed by atoms with E-state index in [0.717, 1.165) is 24.4 Å². The quantitative estimate of drug-likeness (QED) is 0.865. The number of carboxylic acid groups (broad SMARTS) is 1. The molecule has 2 aromatic heterocycles. The second-order valence-corrected chi connectivity index (χ2v) is 5.87. The van der Waals surface area contributed by atoms with Crippen molar-refractivity contribution in [3.8, 4) is 0 Å². The third kappa shape index (κ3) is 3.88. The molecule has 0 unspecified atom stereocenters. The van der Waals surface area contributed by atoms with Gasteiger partial charge in [0.25, 0.3) is 0 Å². The van der Waals surface area contributed by atoms with Gasteiger partial charge in [-0.3, -0.25) is 0 Å². The van der Waals surface area contributed by atoms with Crippen molar-refractivity contribution in [2.75, 3.05) is 25.0 Å². The lowest BCUT2D eigenvalue weighted by Crippen LogP contribution is -2.57. The van der Waals surface area contributed by atoms with E-state index < -0.39 is 12.1 Å². The van der Waals surface area contributed by atoms with Crippen LogP contribution in [0.5, 0.6) is 0 Å². The highest BCUT2D eigenvalue weighted by atomic mass is 32.1. The fourth-order valence-corrected chi connectivity index (χ4v) is 3.04. The van der Waals surface area contributed by atoms with Crippen LogP contribution >= 0.6 is 11.3 Å². The minimum absolute atomic E-state index is 0.603. The molecule has 1 aliphatic heterocycles. The molecule has 3 heterocycles. The third-order valence-corrected chi connectivity index (χ3v) is 4.43. The van der Waals surface area contributed by atoms with E-state index >= 15 is 0 Å². The predicted molar refractivity (Wildman–Crippen MR) is 80.9 cm³/mol. The second kappa shape index (κ2) is 6.67. The monoisotopic (exact) mass is 348 g/mol.